The van der Waals surface area contributed by atoms with Crippen molar-refractivity contribution in [2.24, 2.45) is 0 Å². The lowest BCUT2D eigenvalue weighted by Gasteiger charge is -2.17. The molecular formula is C17H25NO6. The van der Waals surface area contributed by atoms with Gasteiger partial charge >= 0.3 is 11.9 Å². The lowest BCUT2D eigenvalue weighted by Crippen LogP contribution is -2.25. The third-order valence-corrected chi connectivity index (χ3v) is 3.09. The Kier molecular flexibility index (Phi) is 10.9. The van der Waals surface area contributed by atoms with Crippen molar-refractivity contribution in [3.63, 3.8) is 0 Å². The molecule has 0 saturated heterocycles. The maximum atomic E-state index is 11.7. The Balaban J connectivity index is 0.00000118. The minimum atomic E-state index is -1.10. The second-order valence-corrected chi connectivity index (χ2v) is 4.92. The molecule has 1 aromatic rings. The van der Waals surface area contributed by atoms with Gasteiger partial charge in [0.25, 0.3) is 5.97 Å². The van der Waals surface area contributed by atoms with Gasteiger partial charge in [0.05, 0.1) is 0 Å². The summed E-state index contributed by atoms with van der Waals surface area (Å²) >= 11 is 0. The molecular weight excluding hydrogens is 314 g/mol. The first-order valence-corrected chi connectivity index (χ1v) is 7.76. The lowest BCUT2D eigenvalue weighted by atomic mass is 10.2. The van der Waals surface area contributed by atoms with E-state index in [0.29, 0.717) is 6.42 Å². The predicted octanol–water partition coefficient (Wildman–Crippen LogP) is 2.50. The highest BCUT2D eigenvalue weighted by molar-refractivity contribution is 5.91. The Morgan fingerprint density at radius 1 is 1.08 bits per heavy atom. The van der Waals surface area contributed by atoms with Crippen molar-refractivity contribution in [2.75, 3.05) is 19.6 Å². The molecule has 0 saturated carbocycles. The number of benzene rings is 1. The highest BCUT2D eigenvalue weighted by Gasteiger charge is 2.13. The zero-order valence-electron chi connectivity index (χ0n) is 14.3. The van der Waals surface area contributed by atoms with Gasteiger partial charge < -0.3 is 19.8 Å². The summed E-state index contributed by atoms with van der Waals surface area (Å²) in [4.78, 5) is 33.9. The summed E-state index contributed by atoms with van der Waals surface area (Å²) in [6.45, 7) is 7.97. The van der Waals surface area contributed by atoms with Crippen LogP contribution in [0.3, 0.4) is 0 Å². The summed E-state index contributed by atoms with van der Waals surface area (Å²) in [6, 6.07) is 6.15. The van der Waals surface area contributed by atoms with Gasteiger partial charge in [-0.25, -0.2) is 4.79 Å². The first-order chi connectivity index (χ1) is 11.3. The molecule has 0 aliphatic heterocycles. The minimum absolute atomic E-state index is 0.00425. The number of hydrogen-bond acceptors (Lipinski definition) is 5. The molecule has 7 heteroatoms. The molecule has 2 N–H and O–H groups in total. The number of rotatable bonds is 8. The minimum Gasteiger partial charge on any atom is -0.481 e. The molecule has 0 unspecified atom stereocenters. The third kappa shape index (κ3) is 9.58. The lowest BCUT2D eigenvalue weighted by molar-refractivity contribution is -0.135. The van der Waals surface area contributed by atoms with Gasteiger partial charge in [-0.05, 0) is 38.2 Å². The average molecular weight is 339 g/mol. The van der Waals surface area contributed by atoms with E-state index in [1.54, 1.807) is 12.1 Å². The van der Waals surface area contributed by atoms with Crippen molar-refractivity contribution in [2.45, 2.75) is 33.6 Å². The first kappa shape index (κ1) is 21.6. The van der Waals surface area contributed by atoms with Crippen molar-refractivity contribution in [3.05, 3.63) is 29.8 Å². The Hall–Kier alpha value is -2.41. The smallest absolute Gasteiger partial charge is 0.339 e. The molecule has 0 aromatic heterocycles. The van der Waals surface area contributed by atoms with Crippen LogP contribution >= 0.6 is 0 Å². The Morgan fingerprint density at radius 2 is 1.62 bits per heavy atom. The van der Waals surface area contributed by atoms with E-state index in [0.717, 1.165) is 26.6 Å². The number of carboxylic acids is 2. The predicted molar refractivity (Wildman–Crippen MR) is 89.4 cm³/mol. The zero-order valence-corrected chi connectivity index (χ0v) is 14.3. The standard InChI is InChI=1S/C15H21NO4.C2H4O2/c1-3-16(4-2)11-7-10-14(17)20-13-9-6-5-8-12(13)15(18)19;1-2(3)4/h5-6,8-9H,3-4,7,10-11H2,1-2H3,(H,18,19);1H3,(H,3,4). The average Bonchev–Trinajstić information content (AvgIpc) is 2.51. The monoisotopic (exact) mass is 339 g/mol. The van der Waals surface area contributed by atoms with Gasteiger partial charge in [0, 0.05) is 13.3 Å². The van der Waals surface area contributed by atoms with Crippen LogP contribution in [-0.4, -0.2) is 52.7 Å². The number of ether oxygens (including phenoxy) is 1. The molecule has 7 nitrogen and oxygen atoms in total. The van der Waals surface area contributed by atoms with Crippen molar-refractivity contribution < 1.29 is 29.3 Å². The van der Waals surface area contributed by atoms with Gasteiger partial charge in [0.1, 0.15) is 11.3 Å². The molecule has 0 bridgehead atoms. The molecule has 0 atom stereocenters. The van der Waals surface area contributed by atoms with Gasteiger partial charge in [-0.3, -0.25) is 9.59 Å². The van der Waals surface area contributed by atoms with E-state index in [4.69, 9.17) is 19.7 Å². The fourth-order valence-electron chi connectivity index (χ4n) is 1.89. The van der Waals surface area contributed by atoms with Crippen LogP contribution in [0.1, 0.15) is 44.0 Å². The van der Waals surface area contributed by atoms with E-state index < -0.39 is 17.9 Å². The molecule has 24 heavy (non-hydrogen) atoms. The van der Waals surface area contributed by atoms with Crippen LogP contribution in [0.4, 0.5) is 0 Å². The molecule has 1 aromatic carbocycles. The highest BCUT2D eigenvalue weighted by atomic mass is 16.5. The van der Waals surface area contributed by atoms with Gasteiger partial charge in [-0.2, -0.15) is 0 Å². The quantitative estimate of drug-likeness (QED) is 0.554. The number of carbonyl (C=O) groups is 3. The Morgan fingerprint density at radius 3 is 2.12 bits per heavy atom. The van der Waals surface area contributed by atoms with Crippen LogP contribution in [0.2, 0.25) is 0 Å². The second kappa shape index (κ2) is 12.1. The van der Waals surface area contributed by atoms with Crippen molar-refractivity contribution in [1.82, 2.24) is 4.90 Å². The topological polar surface area (TPSA) is 104 Å². The highest BCUT2D eigenvalue weighted by Crippen LogP contribution is 2.18. The molecule has 0 spiro atoms. The number of aliphatic carboxylic acids is 1. The maximum absolute atomic E-state index is 11.7. The van der Waals surface area contributed by atoms with Gasteiger partial charge in [-0.15, -0.1) is 0 Å². The van der Waals surface area contributed by atoms with E-state index in [1.165, 1.54) is 12.1 Å². The summed E-state index contributed by atoms with van der Waals surface area (Å²) in [5, 5.41) is 16.4. The molecule has 0 aliphatic carbocycles. The van der Waals surface area contributed by atoms with Crippen molar-refractivity contribution in [1.29, 1.82) is 0 Å². The number of aromatic carboxylic acids is 1. The van der Waals surface area contributed by atoms with E-state index in [-0.39, 0.29) is 17.7 Å². The van der Waals surface area contributed by atoms with Crippen LogP contribution in [0, 0.1) is 0 Å². The fourth-order valence-corrected chi connectivity index (χ4v) is 1.89. The first-order valence-electron chi connectivity index (χ1n) is 7.76. The summed E-state index contributed by atoms with van der Waals surface area (Å²) in [5.74, 6) is -2.23. The van der Waals surface area contributed by atoms with Crippen LogP contribution in [0.5, 0.6) is 5.75 Å². The number of carbonyl (C=O) groups excluding carboxylic acids is 1. The summed E-state index contributed by atoms with van der Waals surface area (Å²) in [6.07, 6.45) is 0.986. The van der Waals surface area contributed by atoms with Gasteiger partial charge in [0.15, 0.2) is 0 Å². The van der Waals surface area contributed by atoms with Crippen LogP contribution < -0.4 is 4.74 Å². The number of para-hydroxylation sites is 1. The second-order valence-electron chi connectivity index (χ2n) is 4.92. The molecule has 0 fully saturated rings. The number of hydrogen-bond donors (Lipinski definition) is 2. The van der Waals surface area contributed by atoms with Crippen molar-refractivity contribution in [3.8, 4) is 5.75 Å². The van der Waals surface area contributed by atoms with Crippen LogP contribution in [0.25, 0.3) is 0 Å². The molecule has 1 rings (SSSR count). The molecule has 0 heterocycles. The number of carboxylic acid groups (broad SMARTS) is 2. The molecule has 0 aliphatic rings. The van der Waals surface area contributed by atoms with E-state index in [2.05, 4.69) is 18.7 Å². The number of esters is 1. The zero-order chi connectivity index (χ0) is 18.5. The normalized spacial score (nSPS) is 9.83. The third-order valence-electron chi connectivity index (χ3n) is 3.09. The SMILES string of the molecule is CC(=O)O.CCN(CC)CCCC(=O)Oc1ccccc1C(=O)O. The summed E-state index contributed by atoms with van der Waals surface area (Å²) < 4.78 is 5.12. The molecule has 0 amide bonds. The summed E-state index contributed by atoms with van der Waals surface area (Å²) in [7, 11) is 0. The van der Waals surface area contributed by atoms with Crippen molar-refractivity contribution >= 4 is 17.9 Å². The fraction of sp³-hybridized carbons (Fsp3) is 0.471. The Bertz CT molecular complexity index is 536. The Labute approximate surface area is 141 Å². The van der Waals surface area contributed by atoms with Crippen LogP contribution in [-0.2, 0) is 9.59 Å². The van der Waals surface area contributed by atoms with E-state index in [9.17, 15) is 9.59 Å². The van der Waals surface area contributed by atoms with Gasteiger partial charge in [0.2, 0.25) is 0 Å². The molecule has 0 radical (unpaired) electrons. The summed E-state index contributed by atoms with van der Waals surface area (Å²) in [5.41, 5.74) is 0.00425. The molecule has 134 valence electrons. The van der Waals surface area contributed by atoms with E-state index >= 15 is 0 Å². The number of nitrogens with zero attached hydrogens (tertiary/aromatic N) is 1. The van der Waals surface area contributed by atoms with E-state index in [1.807, 2.05) is 0 Å². The van der Waals surface area contributed by atoms with Crippen LogP contribution in [0.15, 0.2) is 24.3 Å². The van der Waals surface area contributed by atoms with Gasteiger partial charge in [-0.1, -0.05) is 26.0 Å². The largest absolute Gasteiger partial charge is 0.481 e. The maximum Gasteiger partial charge on any atom is 0.339 e.